The summed E-state index contributed by atoms with van der Waals surface area (Å²) in [6, 6.07) is 3.25. The highest BCUT2D eigenvalue weighted by Crippen LogP contribution is 2.33. The van der Waals surface area contributed by atoms with Crippen molar-refractivity contribution in [3.63, 3.8) is 0 Å². The van der Waals surface area contributed by atoms with Crippen LogP contribution >= 0.6 is 0 Å². The molecule has 2 aromatic rings. The predicted octanol–water partition coefficient (Wildman–Crippen LogP) is 1.14. The minimum atomic E-state index is -0.788. The zero-order valence-electron chi connectivity index (χ0n) is 14.7. The molecule has 0 spiro atoms. The molecule has 0 saturated carbocycles. The molecule has 2 aliphatic heterocycles. The zero-order chi connectivity index (χ0) is 20.0. The van der Waals surface area contributed by atoms with Crippen LogP contribution in [-0.4, -0.2) is 38.5 Å². The van der Waals surface area contributed by atoms with Crippen molar-refractivity contribution in [2.75, 3.05) is 0 Å². The predicted molar refractivity (Wildman–Crippen MR) is 93.6 cm³/mol. The van der Waals surface area contributed by atoms with Crippen LogP contribution in [0.3, 0.4) is 0 Å². The number of fused-ring (bicyclic) bond motifs is 2. The van der Waals surface area contributed by atoms with Crippen LogP contribution < -0.4 is 10.7 Å². The van der Waals surface area contributed by atoms with Gasteiger partial charge in [-0.1, -0.05) is 6.07 Å². The van der Waals surface area contributed by atoms with E-state index in [4.69, 9.17) is 0 Å². The normalized spacial score (nSPS) is 20.6. The van der Waals surface area contributed by atoms with E-state index in [-0.39, 0.29) is 23.8 Å². The van der Waals surface area contributed by atoms with Gasteiger partial charge in [-0.15, -0.1) is 0 Å². The van der Waals surface area contributed by atoms with Crippen molar-refractivity contribution in [3.05, 3.63) is 63.6 Å². The van der Waals surface area contributed by atoms with Crippen LogP contribution in [0.5, 0.6) is 5.75 Å². The molecule has 146 valence electrons. The van der Waals surface area contributed by atoms with E-state index in [0.717, 1.165) is 12.1 Å². The Morgan fingerprint density at radius 1 is 1.21 bits per heavy atom. The molecule has 0 aliphatic carbocycles. The van der Waals surface area contributed by atoms with E-state index >= 15 is 0 Å². The first-order chi connectivity index (χ1) is 13.4. The van der Waals surface area contributed by atoms with Crippen LogP contribution in [0.15, 0.2) is 35.3 Å². The summed E-state index contributed by atoms with van der Waals surface area (Å²) in [7, 11) is 0. The first-order valence-electron chi connectivity index (χ1n) is 8.83. The number of pyridine rings is 1. The average Bonchev–Trinajstić information content (AvgIpc) is 3.08. The molecular formula is C19H17F2N3O4. The van der Waals surface area contributed by atoms with Crippen molar-refractivity contribution in [1.29, 1.82) is 0 Å². The number of nitrogens with zero attached hydrogens (tertiary/aromatic N) is 2. The van der Waals surface area contributed by atoms with Gasteiger partial charge in [-0.2, -0.15) is 0 Å². The molecule has 0 bridgehead atoms. The third-order valence-electron chi connectivity index (χ3n) is 5.27. The minimum absolute atomic E-state index is 0.129. The number of halogens is 2. The summed E-state index contributed by atoms with van der Waals surface area (Å²) in [5, 5.41) is 12.6. The molecule has 0 radical (unpaired) electrons. The van der Waals surface area contributed by atoms with Crippen LogP contribution in [0.25, 0.3) is 0 Å². The third kappa shape index (κ3) is 2.92. The molecule has 2 atom stereocenters. The topological polar surface area (TPSA) is 91.6 Å². The van der Waals surface area contributed by atoms with Gasteiger partial charge in [0.25, 0.3) is 5.91 Å². The van der Waals surface area contributed by atoms with Gasteiger partial charge < -0.3 is 19.9 Å². The second-order valence-electron chi connectivity index (χ2n) is 6.94. The van der Waals surface area contributed by atoms with Crippen LogP contribution in [0.2, 0.25) is 0 Å². The number of hydrogen-bond donors (Lipinski definition) is 2. The lowest BCUT2D eigenvalue weighted by Crippen LogP contribution is -2.53. The fourth-order valence-electron chi connectivity index (χ4n) is 3.88. The second-order valence-corrected chi connectivity index (χ2v) is 6.94. The standard InChI is InChI=1S/C19H17F2N3O4/c20-11-2-1-10(13(21)7-11)8-22-18(27)14-4-3-12-9-23-6-5-15(25)17(26)16(23)19(28)24(12)14/h1-2,5-7,12,14,26H,3-4,8-9H2,(H,22,27)/t12-,14?/m1/s1. The fraction of sp³-hybridized carbons (Fsp3) is 0.316. The van der Waals surface area contributed by atoms with Crippen LogP contribution in [-0.2, 0) is 17.9 Å². The number of nitrogens with one attached hydrogen (secondary N) is 1. The van der Waals surface area contributed by atoms with Gasteiger partial charge in [-0.25, -0.2) is 8.78 Å². The van der Waals surface area contributed by atoms with E-state index in [1.807, 2.05) is 0 Å². The summed E-state index contributed by atoms with van der Waals surface area (Å²) >= 11 is 0. The number of aromatic hydroxyl groups is 1. The Morgan fingerprint density at radius 2 is 2.00 bits per heavy atom. The highest BCUT2D eigenvalue weighted by Gasteiger charge is 2.45. The van der Waals surface area contributed by atoms with Gasteiger partial charge in [0.15, 0.2) is 11.4 Å². The average molecular weight is 389 g/mol. The van der Waals surface area contributed by atoms with Crippen molar-refractivity contribution >= 4 is 11.8 Å². The monoisotopic (exact) mass is 389 g/mol. The van der Waals surface area contributed by atoms with Gasteiger partial charge in [0.1, 0.15) is 17.7 Å². The van der Waals surface area contributed by atoms with Gasteiger partial charge in [-0.3, -0.25) is 14.4 Å². The molecule has 1 aromatic carbocycles. The maximum absolute atomic E-state index is 13.7. The lowest BCUT2D eigenvalue weighted by molar-refractivity contribution is -0.125. The number of carbonyl (C=O) groups excluding carboxylic acids is 2. The molecule has 1 fully saturated rings. The third-order valence-corrected chi connectivity index (χ3v) is 5.27. The van der Waals surface area contributed by atoms with Gasteiger partial charge in [0.2, 0.25) is 11.3 Å². The van der Waals surface area contributed by atoms with E-state index in [1.165, 1.54) is 27.8 Å². The number of rotatable bonds is 3. The molecule has 1 aromatic heterocycles. The van der Waals surface area contributed by atoms with E-state index in [1.54, 1.807) is 0 Å². The second kappa shape index (κ2) is 6.74. The van der Waals surface area contributed by atoms with Crippen molar-refractivity contribution in [3.8, 4) is 5.75 Å². The molecule has 7 nitrogen and oxygen atoms in total. The molecule has 2 aliphatic rings. The first kappa shape index (κ1) is 18.1. The van der Waals surface area contributed by atoms with E-state index in [2.05, 4.69) is 5.32 Å². The summed E-state index contributed by atoms with van der Waals surface area (Å²) in [6.45, 7) is 0.223. The van der Waals surface area contributed by atoms with E-state index in [9.17, 15) is 28.3 Å². The zero-order valence-corrected chi connectivity index (χ0v) is 14.7. The van der Waals surface area contributed by atoms with Crippen LogP contribution in [0, 0.1) is 11.6 Å². The Bertz CT molecular complexity index is 1040. The largest absolute Gasteiger partial charge is 0.503 e. The van der Waals surface area contributed by atoms with Crippen molar-refractivity contribution in [1.82, 2.24) is 14.8 Å². The first-order valence-corrected chi connectivity index (χ1v) is 8.83. The maximum atomic E-state index is 13.7. The van der Waals surface area contributed by atoms with Crippen molar-refractivity contribution < 1.29 is 23.5 Å². The Kier molecular flexibility index (Phi) is 4.37. The summed E-state index contributed by atoms with van der Waals surface area (Å²) < 4.78 is 28.2. The molecule has 2 amide bonds. The molecule has 3 heterocycles. The van der Waals surface area contributed by atoms with Gasteiger partial charge in [0.05, 0.1) is 6.04 Å². The van der Waals surface area contributed by atoms with Crippen LogP contribution in [0.1, 0.15) is 28.9 Å². The molecule has 4 rings (SSSR count). The highest BCUT2D eigenvalue weighted by atomic mass is 19.1. The molecule has 28 heavy (non-hydrogen) atoms. The summed E-state index contributed by atoms with van der Waals surface area (Å²) in [5.41, 5.74) is -0.665. The van der Waals surface area contributed by atoms with Gasteiger partial charge >= 0.3 is 0 Å². The lowest BCUT2D eigenvalue weighted by Gasteiger charge is -2.35. The van der Waals surface area contributed by atoms with Crippen LogP contribution in [0.4, 0.5) is 8.78 Å². The number of amides is 2. The number of carbonyl (C=O) groups is 2. The molecular weight excluding hydrogens is 372 g/mol. The number of benzene rings is 1. The Labute approximate surface area is 158 Å². The Hall–Kier alpha value is -3.23. The van der Waals surface area contributed by atoms with Crippen molar-refractivity contribution in [2.24, 2.45) is 0 Å². The number of hydrogen-bond acceptors (Lipinski definition) is 4. The van der Waals surface area contributed by atoms with E-state index in [0.29, 0.717) is 19.4 Å². The molecule has 1 saturated heterocycles. The summed E-state index contributed by atoms with van der Waals surface area (Å²) in [5.74, 6) is -3.16. The molecule has 1 unspecified atom stereocenters. The quantitative estimate of drug-likeness (QED) is 0.824. The highest BCUT2D eigenvalue weighted by molar-refractivity contribution is 5.99. The van der Waals surface area contributed by atoms with Gasteiger partial charge in [-0.05, 0) is 18.9 Å². The Balaban J connectivity index is 1.53. The lowest BCUT2D eigenvalue weighted by atomic mass is 10.1. The summed E-state index contributed by atoms with van der Waals surface area (Å²) in [6.07, 6.45) is 2.45. The molecule has 9 heteroatoms. The summed E-state index contributed by atoms with van der Waals surface area (Å²) in [4.78, 5) is 38.6. The smallest absolute Gasteiger partial charge is 0.275 e. The SMILES string of the molecule is O=C(NCc1ccc(F)cc1F)C1CC[C@@H]2Cn3ccc(=O)c(O)c3C(=O)N12. The number of aromatic nitrogens is 1. The maximum Gasteiger partial charge on any atom is 0.275 e. The molecule has 2 N–H and O–H groups in total. The Morgan fingerprint density at radius 3 is 2.75 bits per heavy atom. The van der Waals surface area contributed by atoms with E-state index < -0.39 is 40.7 Å². The van der Waals surface area contributed by atoms with Gasteiger partial charge in [0, 0.05) is 37.0 Å². The fourth-order valence-corrected chi connectivity index (χ4v) is 3.88. The minimum Gasteiger partial charge on any atom is -0.503 e. The van der Waals surface area contributed by atoms with Crippen molar-refractivity contribution in [2.45, 2.75) is 38.0 Å².